The minimum absolute atomic E-state index is 0.257. The van der Waals surface area contributed by atoms with Crippen LogP contribution in [0.2, 0.25) is 0 Å². The van der Waals surface area contributed by atoms with Crippen molar-refractivity contribution in [3.63, 3.8) is 0 Å². The van der Waals surface area contributed by atoms with E-state index in [1.807, 2.05) is 0 Å². The number of thiophene rings is 1. The van der Waals surface area contributed by atoms with E-state index >= 15 is 0 Å². The molecule has 0 amide bonds. The first kappa shape index (κ1) is 13.7. The van der Waals surface area contributed by atoms with E-state index in [9.17, 15) is 22.8 Å². The van der Waals surface area contributed by atoms with Gasteiger partial charge in [0.2, 0.25) is 0 Å². The molecule has 0 spiro atoms. The first-order valence-electron chi connectivity index (χ1n) is 4.71. The number of rotatable bonds is 4. The second kappa shape index (κ2) is 4.87. The number of hydrogen-bond acceptors (Lipinski definition) is 3. The molecule has 1 atom stereocenters. The van der Waals surface area contributed by atoms with E-state index in [0.29, 0.717) is 11.3 Å². The first-order chi connectivity index (χ1) is 7.77. The van der Waals surface area contributed by atoms with Crippen LogP contribution in [-0.4, -0.2) is 23.0 Å². The lowest BCUT2D eigenvalue weighted by molar-refractivity contribution is -0.138. The fourth-order valence-corrected chi connectivity index (χ4v) is 2.44. The Balaban J connectivity index is 3.00. The molecule has 1 aromatic heterocycles. The monoisotopic (exact) mass is 266 g/mol. The number of alkyl halides is 3. The fourth-order valence-electron chi connectivity index (χ4n) is 1.30. The summed E-state index contributed by atoms with van der Waals surface area (Å²) in [6.07, 6.45) is -4.66. The highest BCUT2D eigenvalue weighted by molar-refractivity contribution is 7.14. The van der Waals surface area contributed by atoms with Crippen molar-refractivity contribution in [2.24, 2.45) is 0 Å². The Bertz CT molecular complexity index is 436. The summed E-state index contributed by atoms with van der Waals surface area (Å²) >= 11 is 0.578. The highest BCUT2D eigenvalue weighted by atomic mass is 32.1. The standard InChI is InChI=1S/C10H9F3O3S/c1-2-5(9(15)16)6-3-4-7(17-6)8(14)10(11,12)13/h3-5H,2H2,1H3,(H,15,16). The summed E-state index contributed by atoms with van der Waals surface area (Å²) < 4.78 is 36.4. The summed E-state index contributed by atoms with van der Waals surface area (Å²) in [5.74, 6) is -3.91. The maximum Gasteiger partial charge on any atom is 0.455 e. The van der Waals surface area contributed by atoms with Crippen LogP contribution in [0.15, 0.2) is 12.1 Å². The highest BCUT2D eigenvalue weighted by Gasteiger charge is 2.40. The van der Waals surface area contributed by atoms with Crippen LogP contribution in [0.25, 0.3) is 0 Å². The Morgan fingerprint density at radius 3 is 2.41 bits per heavy atom. The Hall–Kier alpha value is -1.37. The van der Waals surface area contributed by atoms with Gasteiger partial charge in [-0.2, -0.15) is 13.2 Å². The average molecular weight is 266 g/mol. The lowest BCUT2D eigenvalue weighted by Gasteiger charge is -2.06. The largest absolute Gasteiger partial charge is 0.481 e. The van der Waals surface area contributed by atoms with Gasteiger partial charge in [0, 0.05) is 4.88 Å². The molecule has 0 aliphatic carbocycles. The second-order valence-corrected chi connectivity index (χ2v) is 4.44. The third-order valence-corrected chi connectivity index (χ3v) is 3.36. The quantitative estimate of drug-likeness (QED) is 0.852. The molecule has 7 heteroatoms. The molecule has 1 heterocycles. The van der Waals surface area contributed by atoms with Crippen LogP contribution in [0.5, 0.6) is 0 Å². The van der Waals surface area contributed by atoms with Crippen molar-refractivity contribution in [2.45, 2.75) is 25.4 Å². The molecule has 0 fully saturated rings. The van der Waals surface area contributed by atoms with Crippen LogP contribution in [0, 0.1) is 0 Å². The number of carbonyl (C=O) groups excluding carboxylic acids is 1. The molecule has 0 aliphatic heterocycles. The van der Waals surface area contributed by atoms with E-state index in [1.165, 1.54) is 6.07 Å². The summed E-state index contributed by atoms with van der Waals surface area (Å²) in [5, 5.41) is 8.83. The second-order valence-electron chi connectivity index (χ2n) is 3.33. The van der Waals surface area contributed by atoms with Crippen molar-refractivity contribution < 1.29 is 27.9 Å². The summed E-state index contributed by atoms with van der Waals surface area (Å²) in [6.45, 7) is 1.61. The number of carbonyl (C=O) groups is 2. The molecule has 0 aromatic carbocycles. The maximum atomic E-state index is 12.1. The van der Waals surface area contributed by atoms with Crippen LogP contribution < -0.4 is 0 Å². The molecule has 0 radical (unpaired) electrons. The van der Waals surface area contributed by atoms with Gasteiger partial charge in [-0.25, -0.2) is 0 Å². The van der Waals surface area contributed by atoms with Crippen molar-refractivity contribution in [3.8, 4) is 0 Å². The SMILES string of the molecule is CCC(C(=O)O)c1ccc(C(=O)C(F)(F)F)s1. The van der Waals surface area contributed by atoms with Gasteiger partial charge in [0.15, 0.2) is 0 Å². The van der Waals surface area contributed by atoms with Gasteiger partial charge in [-0.3, -0.25) is 9.59 Å². The zero-order valence-electron chi connectivity index (χ0n) is 8.75. The van der Waals surface area contributed by atoms with Gasteiger partial charge in [0.25, 0.3) is 5.78 Å². The minimum atomic E-state index is -4.92. The number of ketones is 1. The zero-order chi connectivity index (χ0) is 13.2. The van der Waals surface area contributed by atoms with Crippen LogP contribution in [-0.2, 0) is 4.79 Å². The van der Waals surface area contributed by atoms with Crippen LogP contribution in [0.4, 0.5) is 13.2 Å². The van der Waals surface area contributed by atoms with E-state index in [2.05, 4.69) is 0 Å². The average Bonchev–Trinajstić information content (AvgIpc) is 2.64. The van der Waals surface area contributed by atoms with E-state index in [4.69, 9.17) is 5.11 Å². The topological polar surface area (TPSA) is 54.4 Å². The summed E-state index contributed by atoms with van der Waals surface area (Å²) in [7, 11) is 0. The molecule has 0 saturated heterocycles. The third kappa shape index (κ3) is 3.06. The van der Waals surface area contributed by atoms with E-state index in [0.717, 1.165) is 6.07 Å². The van der Waals surface area contributed by atoms with Gasteiger partial charge in [-0.05, 0) is 18.6 Å². The Morgan fingerprint density at radius 1 is 1.41 bits per heavy atom. The molecular weight excluding hydrogens is 257 g/mol. The lowest BCUT2D eigenvalue weighted by atomic mass is 10.1. The summed E-state index contributed by atoms with van der Waals surface area (Å²) in [4.78, 5) is 21.5. The summed E-state index contributed by atoms with van der Waals surface area (Å²) in [6, 6.07) is 2.27. The lowest BCUT2D eigenvalue weighted by Crippen LogP contribution is -2.21. The minimum Gasteiger partial charge on any atom is -0.481 e. The third-order valence-electron chi connectivity index (χ3n) is 2.16. The molecule has 0 aliphatic rings. The van der Waals surface area contributed by atoms with Gasteiger partial charge in [0.05, 0.1) is 10.8 Å². The molecule has 1 unspecified atom stereocenters. The fraction of sp³-hybridized carbons (Fsp3) is 0.400. The van der Waals surface area contributed by atoms with Gasteiger partial charge >= 0.3 is 12.1 Å². The number of aliphatic carboxylic acids is 1. The number of carboxylic acids is 1. The molecule has 17 heavy (non-hydrogen) atoms. The van der Waals surface area contributed by atoms with E-state index < -0.39 is 28.7 Å². The van der Waals surface area contributed by atoms with Crippen molar-refractivity contribution in [1.29, 1.82) is 0 Å². The van der Waals surface area contributed by atoms with Crippen LogP contribution in [0.1, 0.15) is 33.8 Å². The number of Topliss-reactive ketones (excluding diaryl/α,β-unsaturated/α-hetero) is 1. The molecular formula is C10H9F3O3S. The number of carboxylic acid groups (broad SMARTS) is 1. The van der Waals surface area contributed by atoms with E-state index in [1.54, 1.807) is 6.92 Å². The molecule has 0 saturated carbocycles. The Labute approximate surface area is 98.9 Å². The molecule has 94 valence electrons. The molecule has 1 rings (SSSR count). The molecule has 1 N–H and O–H groups in total. The van der Waals surface area contributed by atoms with Gasteiger partial charge in [-0.15, -0.1) is 11.3 Å². The molecule has 3 nitrogen and oxygen atoms in total. The van der Waals surface area contributed by atoms with Crippen molar-refractivity contribution in [3.05, 3.63) is 21.9 Å². The predicted octanol–water partition coefficient (Wildman–Crippen LogP) is 3.07. The Morgan fingerprint density at radius 2 is 2.00 bits per heavy atom. The normalized spacial score (nSPS) is 13.4. The van der Waals surface area contributed by atoms with Crippen molar-refractivity contribution >= 4 is 23.1 Å². The van der Waals surface area contributed by atoms with Crippen molar-refractivity contribution in [1.82, 2.24) is 0 Å². The predicted molar refractivity (Wildman–Crippen MR) is 55.4 cm³/mol. The van der Waals surface area contributed by atoms with Crippen LogP contribution >= 0.6 is 11.3 Å². The molecule has 1 aromatic rings. The van der Waals surface area contributed by atoms with Gasteiger partial charge < -0.3 is 5.11 Å². The van der Waals surface area contributed by atoms with Gasteiger partial charge in [0.1, 0.15) is 0 Å². The van der Waals surface area contributed by atoms with Gasteiger partial charge in [-0.1, -0.05) is 6.92 Å². The maximum absolute atomic E-state index is 12.1. The number of halogens is 3. The Kier molecular flexibility index (Phi) is 3.92. The van der Waals surface area contributed by atoms with E-state index in [-0.39, 0.29) is 11.3 Å². The first-order valence-corrected chi connectivity index (χ1v) is 5.53. The smallest absolute Gasteiger partial charge is 0.455 e. The number of hydrogen-bond donors (Lipinski definition) is 1. The molecule has 0 bridgehead atoms. The highest BCUT2D eigenvalue weighted by Crippen LogP contribution is 2.31. The zero-order valence-corrected chi connectivity index (χ0v) is 9.56. The van der Waals surface area contributed by atoms with Crippen molar-refractivity contribution in [2.75, 3.05) is 0 Å². The summed E-state index contributed by atoms with van der Waals surface area (Å²) in [5.41, 5.74) is 0. The van der Waals surface area contributed by atoms with Crippen LogP contribution in [0.3, 0.4) is 0 Å².